The minimum Gasteiger partial charge on any atom is -0.330 e. The number of nitrogens with zero attached hydrogens (tertiary/aromatic N) is 1. The second-order valence-corrected chi connectivity index (χ2v) is 4.23. The lowest BCUT2D eigenvalue weighted by molar-refractivity contribution is 0.0901. The monoisotopic (exact) mass is 168 g/mol. The molecule has 2 fully saturated rings. The van der Waals surface area contributed by atoms with Crippen molar-refractivity contribution >= 4 is 0 Å². The molecule has 1 saturated carbocycles. The molecule has 2 atom stereocenters. The van der Waals surface area contributed by atoms with Crippen LogP contribution in [0.3, 0.4) is 0 Å². The topological polar surface area (TPSA) is 29.3 Å². The molecule has 0 spiro atoms. The summed E-state index contributed by atoms with van der Waals surface area (Å²) in [6, 6.07) is 0.905. The normalized spacial score (nSPS) is 36.8. The van der Waals surface area contributed by atoms with Gasteiger partial charge < -0.3 is 10.6 Å². The summed E-state index contributed by atoms with van der Waals surface area (Å²) in [5.74, 6) is 0.926. The summed E-state index contributed by atoms with van der Waals surface area (Å²) in [6.07, 6.45) is 6.97. The molecule has 2 unspecified atom stereocenters. The molecule has 2 heteroatoms. The van der Waals surface area contributed by atoms with Gasteiger partial charge in [-0.15, -0.1) is 0 Å². The molecule has 0 amide bonds. The first kappa shape index (κ1) is 8.52. The third kappa shape index (κ3) is 1.50. The Morgan fingerprint density at radius 3 is 2.58 bits per heavy atom. The smallest absolute Gasteiger partial charge is 0.0124 e. The number of likely N-dealkylation sites (tertiary alicyclic amines) is 1. The van der Waals surface area contributed by atoms with Gasteiger partial charge in [-0.05, 0) is 51.2 Å². The Hall–Kier alpha value is -0.0800. The van der Waals surface area contributed by atoms with E-state index in [9.17, 15) is 0 Å². The van der Waals surface area contributed by atoms with E-state index in [1.165, 1.54) is 45.2 Å². The average molecular weight is 168 g/mol. The van der Waals surface area contributed by atoms with Crippen molar-refractivity contribution < 1.29 is 0 Å². The Kier molecular flexibility index (Phi) is 2.66. The van der Waals surface area contributed by atoms with Crippen LogP contribution in [0.25, 0.3) is 0 Å². The van der Waals surface area contributed by atoms with Crippen LogP contribution in [0.15, 0.2) is 0 Å². The van der Waals surface area contributed by atoms with E-state index in [0.717, 1.165) is 18.5 Å². The molecule has 2 nitrogen and oxygen atoms in total. The van der Waals surface area contributed by atoms with E-state index < -0.39 is 0 Å². The first-order valence-electron chi connectivity index (χ1n) is 5.36. The minimum absolute atomic E-state index is 0.884. The van der Waals surface area contributed by atoms with E-state index >= 15 is 0 Å². The van der Waals surface area contributed by atoms with Gasteiger partial charge >= 0.3 is 0 Å². The molecule has 2 aliphatic rings. The van der Waals surface area contributed by atoms with E-state index in [1.807, 2.05) is 0 Å². The van der Waals surface area contributed by atoms with Gasteiger partial charge in [0.05, 0.1) is 0 Å². The van der Waals surface area contributed by atoms with Gasteiger partial charge in [-0.25, -0.2) is 0 Å². The number of hydrogen-bond acceptors (Lipinski definition) is 2. The highest BCUT2D eigenvalue weighted by Crippen LogP contribution is 2.34. The van der Waals surface area contributed by atoms with Gasteiger partial charge in [0.15, 0.2) is 0 Å². The number of rotatable bonds is 3. The molecule has 2 rings (SSSR count). The molecular weight excluding hydrogens is 148 g/mol. The zero-order valence-corrected chi connectivity index (χ0v) is 7.84. The van der Waals surface area contributed by atoms with Crippen LogP contribution in [0.2, 0.25) is 0 Å². The molecule has 0 bridgehead atoms. The fourth-order valence-corrected chi connectivity index (χ4v) is 2.72. The van der Waals surface area contributed by atoms with Crippen LogP contribution in [-0.4, -0.2) is 30.6 Å². The second kappa shape index (κ2) is 3.75. The van der Waals surface area contributed by atoms with Gasteiger partial charge in [-0.2, -0.15) is 0 Å². The van der Waals surface area contributed by atoms with Crippen LogP contribution in [0.5, 0.6) is 0 Å². The largest absolute Gasteiger partial charge is 0.330 e. The first-order valence-corrected chi connectivity index (χ1v) is 5.36. The van der Waals surface area contributed by atoms with Crippen LogP contribution in [0, 0.1) is 5.92 Å². The van der Waals surface area contributed by atoms with Crippen molar-refractivity contribution in [2.24, 2.45) is 11.7 Å². The minimum atomic E-state index is 0.884. The third-order valence-corrected chi connectivity index (χ3v) is 3.52. The quantitative estimate of drug-likeness (QED) is 0.686. The Bertz CT molecular complexity index is 143. The molecule has 0 radical (unpaired) electrons. The summed E-state index contributed by atoms with van der Waals surface area (Å²) >= 11 is 0. The van der Waals surface area contributed by atoms with E-state index in [-0.39, 0.29) is 0 Å². The van der Waals surface area contributed by atoms with Crippen LogP contribution in [0.4, 0.5) is 0 Å². The summed E-state index contributed by atoms with van der Waals surface area (Å²) in [4.78, 5) is 2.66. The summed E-state index contributed by atoms with van der Waals surface area (Å²) in [6.45, 7) is 3.59. The second-order valence-electron chi connectivity index (χ2n) is 4.23. The van der Waals surface area contributed by atoms with Crippen molar-refractivity contribution in [2.75, 3.05) is 19.6 Å². The van der Waals surface area contributed by atoms with Gasteiger partial charge in [0.2, 0.25) is 0 Å². The molecule has 1 aliphatic heterocycles. The van der Waals surface area contributed by atoms with Crippen molar-refractivity contribution in [1.29, 1.82) is 0 Å². The molecule has 2 N–H and O–H groups in total. The molecular formula is C10H20N2. The number of hydrogen-bond donors (Lipinski definition) is 1. The third-order valence-electron chi connectivity index (χ3n) is 3.52. The van der Waals surface area contributed by atoms with Gasteiger partial charge in [-0.1, -0.05) is 6.42 Å². The standard InChI is InChI=1S/C10H20N2/c11-6-5-9-3-1-4-10(9)12-7-2-8-12/h9-10H,1-8,11H2. The molecule has 0 aromatic rings. The highest BCUT2D eigenvalue weighted by atomic mass is 15.2. The molecule has 0 aromatic heterocycles. The van der Waals surface area contributed by atoms with Crippen molar-refractivity contribution in [3.05, 3.63) is 0 Å². The lowest BCUT2D eigenvalue weighted by atomic mass is 9.96. The molecule has 1 aliphatic carbocycles. The zero-order valence-electron chi connectivity index (χ0n) is 7.84. The van der Waals surface area contributed by atoms with Gasteiger partial charge in [-0.3, -0.25) is 0 Å². The van der Waals surface area contributed by atoms with Crippen LogP contribution in [0.1, 0.15) is 32.1 Å². The Labute approximate surface area is 75.1 Å². The van der Waals surface area contributed by atoms with E-state index in [4.69, 9.17) is 5.73 Å². The predicted molar refractivity (Wildman–Crippen MR) is 51.0 cm³/mol. The predicted octanol–water partition coefficient (Wildman–Crippen LogP) is 1.21. The maximum Gasteiger partial charge on any atom is 0.0124 e. The highest BCUT2D eigenvalue weighted by molar-refractivity contribution is 4.88. The fourth-order valence-electron chi connectivity index (χ4n) is 2.72. The van der Waals surface area contributed by atoms with E-state index in [2.05, 4.69) is 4.90 Å². The summed E-state index contributed by atoms with van der Waals surface area (Å²) in [5, 5.41) is 0. The zero-order chi connectivity index (χ0) is 8.39. The number of nitrogens with two attached hydrogens (primary N) is 1. The molecule has 12 heavy (non-hydrogen) atoms. The highest BCUT2D eigenvalue weighted by Gasteiger charge is 2.33. The van der Waals surface area contributed by atoms with E-state index in [1.54, 1.807) is 0 Å². The summed E-state index contributed by atoms with van der Waals surface area (Å²) in [7, 11) is 0. The molecule has 1 heterocycles. The SMILES string of the molecule is NCCC1CCCC1N1CCC1. The van der Waals surface area contributed by atoms with Crippen LogP contribution in [-0.2, 0) is 0 Å². The average Bonchev–Trinajstić information content (AvgIpc) is 2.35. The maximum atomic E-state index is 5.61. The van der Waals surface area contributed by atoms with Crippen molar-refractivity contribution in [1.82, 2.24) is 4.90 Å². The van der Waals surface area contributed by atoms with Gasteiger partial charge in [0, 0.05) is 6.04 Å². The lowest BCUT2D eigenvalue weighted by Crippen LogP contribution is -2.46. The Morgan fingerprint density at radius 1 is 1.17 bits per heavy atom. The Balaban J connectivity index is 1.85. The molecule has 1 saturated heterocycles. The Morgan fingerprint density at radius 2 is 2.00 bits per heavy atom. The van der Waals surface area contributed by atoms with Crippen molar-refractivity contribution in [3.63, 3.8) is 0 Å². The summed E-state index contributed by atoms with van der Waals surface area (Å²) in [5.41, 5.74) is 5.61. The van der Waals surface area contributed by atoms with E-state index in [0.29, 0.717) is 0 Å². The molecule has 70 valence electrons. The van der Waals surface area contributed by atoms with Crippen molar-refractivity contribution in [3.8, 4) is 0 Å². The molecule has 0 aromatic carbocycles. The van der Waals surface area contributed by atoms with Crippen molar-refractivity contribution in [2.45, 2.75) is 38.1 Å². The maximum absolute atomic E-state index is 5.61. The lowest BCUT2D eigenvalue weighted by Gasteiger charge is -2.39. The van der Waals surface area contributed by atoms with Gasteiger partial charge in [0.1, 0.15) is 0 Å². The van der Waals surface area contributed by atoms with Gasteiger partial charge in [0.25, 0.3) is 0 Å². The first-order chi connectivity index (χ1) is 5.92. The summed E-state index contributed by atoms with van der Waals surface area (Å²) < 4.78 is 0. The van der Waals surface area contributed by atoms with Crippen LogP contribution < -0.4 is 5.73 Å². The van der Waals surface area contributed by atoms with Crippen LogP contribution >= 0.6 is 0 Å². The fraction of sp³-hybridized carbons (Fsp3) is 1.00.